The first-order valence-corrected chi connectivity index (χ1v) is 8.52. The van der Waals surface area contributed by atoms with E-state index in [2.05, 4.69) is 36.3 Å². The van der Waals surface area contributed by atoms with Gasteiger partial charge in [0.1, 0.15) is 6.61 Å². The third-order valence-corrected chi connectivity index (χ3v) is 4.57. The highest BCUT2D eigenvalue weighted by atomic mass is 16.5. The highest BCUT2D eigenvalue weighted by molar-refractivity contribution is 5.77. The third-order valence-electron chi connectivity index (χ3n) is 4.57. The number of nitrogens with zero attached hydrogens (tertiary/aromatic N) is 3. The van der Waals surface area contributed by atoms with Crippen LogP contribution in [-0.2, 0) is 47.5 Å². The molecule has 0 atom stereocenters. The monoisotopic (exact) mass is 343 g/mol. The van der Waals surface area contributed by atoms with Gasteiger partial charge in [-0.05, 0) is 12.5 Å². The van der Waals surface area contributed by atoms with Gasteiger partial charge >= 0.3 is 0 Å². The van der Waals surface area contributed by atoms with E-state index in [4.69, 9.17) is 9.47 Å². The van der Waals surface area contributed by atoms with Crippen LogP contribution < -0.4 is 0 Å². The number of fused-ring (bicyclic) bond motifs is 1. The molecule has 2 heterocycles. The molecule has 0 bridgehead atoms. The molecule has 0 saturated carbocycles. The smallest absolute Gasteiger partial charge is 0.248 e. The second-order valence-corrected chi connectivity index (χ2v) is 6.47. The van der Waals surface area contributed by atoms with Crippen LogP contribution in [0.5, 0.6) is 0 Å². The van der Waals surface area contributed by atoms with Crippen molar-refractivity contribution < 1.29 is 14.3 Å². The van der Waals surface area contributed by atoms with E-state index in [1.54, 1.807) is 7.11 Å². The Morgan fingerprint density at radius 1 is 1.24 bits per heavy atom. The minimum absolute atomic E-state index is 0.0172. The summed E-state index contributed by atoms with van der Waals surface area (Å²) >= 11 is 0. The Kier molecular flexibility index (Phi) is 5.50. The average Bonchev–Trinajstić information content (AvgIpc) is 2.92. The average molecular weight is 343 g/mol. The highest BCUT2D eigenvalue weighted by Gasteiger charge is 2.26. The number of aryl methyl sites for hydroxylation is 2. The molecule has 3 rings (SSSR count). The van der Waals surface area contributed by atoms with E-state index in [0.29, 0.717) is 26.3 Å². The van der Waals surface area contributed by atoms with Gasteiger partial charge in [0.2, 0.25) is 5.91 Å². The molecule has 0 unspecified atom stereocenters. The fraction of sp³-hybridized carbons (Fsp3) is 0.474. The zero-order valence-corrected chi connectivity index (χ0v) is 15.1. The SMILES string of the molecule is COCC(=O)N1CCc2c(c(COCc3ccc(C)cc3)nn2C)C1. The number of carbonyl (C=O) groups is 1. The molecule has 1 aromatic heterocycles. The quantitative estimate of drug-likeness (QED) is 0.805. The Hall–Kier alpha value is -2.18. The standard InChI is InChI=1S/C19H25N3O3/c1-14-4-6-15(7-5-14)11-25-12-17-16-10-22(19(23)13-24-3)9-8-18(16)21(2)20-17/h4-7H,8-13H2,1-3H3. The van der Waals surface area contributed by atoms with Crippen molar-refractivity contribution in [3.63, 3.8) is 0 Å². The van der Waals surface area contributed by atoms with Crippen LogP contribution in [0.4, 0.5) is 0 Å². The predicted octanol–water partition coefficient (Wildman–Crippen LogP) is 1.98. The second-order valence-electron chi connectivity index (χ2n) is 6.47. The minimum Gasteiger partial charge on any atom is -0.375 e. The summed E-state index contributed by atoms with van der Waals surface area (Å²) in [6.45, 7) is 4.48. The Labute approximate surface area is 148 Å². The number of carbonyl (C=O) groups excluding carboxylic acids is 1. The maximum Gasteiger partial charge on any atom is 0.248 e. The van der Waals surface area contributed by atoms with Crippen molar-refractivity contribution in [1.29, 1.82) is 0 Å². The van der Waals surface area contributed by atoms with Crippen molar-refractivity contribution in [1.82, 2.24) is 14.7 Å². The van der Waals surface area contributed by atoms with E-state index in [0.717, 1.165) is 23.2 Å². The van der Waals surface area contributed by atoms with Gasteiger partial charge in [0.15, 0.2) is 0 Å². The van der Waals surface area contributed by atoms with E-state index in [-0.39, 0.29) is 12.5 Å². The van der Waals surface area contributed by atoms with Crippen molar-refractivity contribution >= 4 is 5.91 Å². The van der Waals surface area contributed by atoms with Crippen LogP contribution >= 0.6 is 0 Å². The molecule has 6 heteroatoms. The zero-order chi connectivity index (χ0) is 17.8. The third kappa shape index (κ3) is 4.08. The molecule has 0 fully saturated rings. The molecule has 6 nitrogen and oxygen atoms in total. The van der Waals surface area contributed by atoms with Gasteiger partial charge < -0.3 is 14.4 Å². The molecule has 1 aliphatic heterocycles. The molecule has 2 aromatic rings. The number of ether oxygens (including phenoxy) is 2. The summed E-state index contributed by atoms with van der Waals surface area (Å²) in [6, 6.07) is 8.32. The van der Waals surface area contributed by atoms with E-state index in [1.807, 2.05) is 16.6 Å². The number of methoxy groups -OCH3 is 1. The first kappa shape index (κ1) is 17.6. The normalized spacial score (nSPS) is 13.8. The van der Waals surface area contributed by atoms with Gasteiger partial charge in [0.25, 0.3) is 0 Å². The molecule has 0 N–H and O–H groups in total. The van der Waals surface area contributed by atoms with Gasteiger partial charge in [-0.2, -0.15) is 5.10 Å². The molecular formula is C19H25N3O3. The van der Waals surface area contributed by atoms with E-state index >= 15 is 0 Å². The van der Waals surface area contributed by atoms with Crippen LogP contribution in [0.1, 0.15) is 28.1 Å². The van der Waals surface area contributed by atoms with E-state index < -0.39 is 0 Å². The van der Waals surface area contributed by atoms with Gasteiger partial charge in [-0.25, -0.2) is 0 Å². The Morgan fingerprint density at radius 3 is 2.72 bits per heavy atom. The number of rotatable bonds is 6. The van der Waals surface area contributed by atoms with E-state index in [9.17, 15) is 4.79 Å². The summed E-state index contributed by atoms with van der Waals surface area (Å²) in [5.41, 5.74) is 5.60. The van der Waals surface area contributed by atoms with Crippen LogP contribution in [0.2, 0.25) is 0 Å². The molecule has 25 heavy (non-hydrogen) atoms. The first-order chi connectivity index (χ1) is 12.1. The Morgan fingerprint density at radius 2 is 2.00 bits per heavy atom. The van der Waals surface area contributed by atoms with Crippen molar-refractivity contribution in [2.24, 2.45) is 7.05 Å². The number of hydrogen-bond acceptors (Lipinski definition) is 4. The molecule has 0 spiro atoms. The zero-order valence-electron chi connectivity index (χ0n) is 15.1. The van der Waals surface area contributed by atoms with Crippen molar-refractivity contribution in [2.75, 3.05) is 20.3 Å². The molecule has 1 aliphatic rings. The maximum atomic E-state index is 12.1. The molecular weight excluding hydrogens is 318 g/mol. The predicted molar refractivity (Wildman–Crippen MR) is 93.9 cm³/mol. The van der Waals surface area contributed by atoms with Gasteiger partial charge in [0.05, 0.1) is 18.9 Å². The van der Waals surface area contributed by atoms with Crippen molar-refractivity contribution in [2.45, 2.75) is 33.1 Å². The maximum absolute atomic E-state index is 12.1. The lowest BCUT2D eigenvalue weighted by Crippen LogP contribution is -2.38. The van der Waals surface area contributed by atoms with Crippen LogP contribution in [-0.4, -0.2) is 40.8 Å². The number of amides is 1. The molecule has 0 aliphatic carbocycles. The lowest BCUT2D eigenvalue weighted by atomic mass is 10.1. The van der Waals surface area contributed by atoms with Crippen molar-refractivity contribution in [3.8, 4) is 0 Å². The molecule has 0 saturated heterocycles. The van der Waals surface area contributed by atoms with Crippen LogP contribution in [0.15, 0.2) is 24.3 Å². The number of benzene rings is 1. The lowest BCUT2D eigenvalue weighted by Gasteiger charge is -2.27. The molecule has 134 valence electrons. The first-order valence-electron chi connectivity index (χ1n) is 8.52. The van der Waals surface area contributed by atoms with Crippen molar-refractivity contribution in [3.05, 3.63) is 52.3 Å². The van der Waals surface area contributed by atoms with Crippen LogP contribution in [0.3, 0.4) is 0 Å². The fourth-order valence-electron chi connectivity index (χ4n) is 3.16. The molecule has 0 radical (unpaired) electrons. The topological polar surface area (TPSA) is 56.6 Å². The van der Waals surface area contributed by atoms with Crippen LogP contribution in [0.25, 0.3) is 0 Å². The van der Waals surface area contributed by atoms with Crippen LogP contribution in [0, 0.1) is 6.92 Å². The van der Waals surface area contributed by atoms with Gasteiger partial charge in [-0.1, -0.05) is 29.8 Å². The number of aromatic nitrogens is 2. The van der Waals surface area contributed by atoms with Gasteiger partial charge in [-0.15, -0.1) is 0 Å². The molecule has 1 aromatic carbocycles. The minimum atomic E-state index is 0.0172. The summed E-state index contributed by atoms with van der Waals surface area (Å²) in [7, 11) is 3.50. The fourth-order valence-corrected chi connectivity index (χ4v) is 3.16. The Balaban J connectivity index is 1.65. The van der Waals surface area contributed by atoms with Gasteiger partial charge in [-0.3, -0.25) is 9.48 Å². The molecule has 1 amide bonds. The summed E-state index contributed by atoms with van der Waals surface area (Å²) in [6.07, 6.45) is 0.812. The highest BCUT2D eigenvalue weighted by Crippen LogP contribution is 2.23. The lowest BCUT2D eigenvalue weighted by molar-refractivity contribution is -0.136. The summed E-state index contributed by atoms with van der Waals surface area (Å²) in [5.74, 6) is 0.0172. The number of hydrogen-bond donors (Lipinski definition) is 0. The summed E-state index contributed by atoms with van der Waals surface area (Å²) < 4.78 is 12.7. The second kappa shape index (κ2) is 7.80. The largest absolute Gasteiger partial charge is 0.375 e. The van der Waals surface area contributed by atoms with E-state index in [1.165, 1.54) is 11.3 Å². The van der Waals surface area contributed by atoms with Gasteiger partial charge in [0, 0.05) is 44.9 Å². The summed E-state index contributed by atoms with van der Waals surface area (Å²) in [5, 5.41) is 4.60. The summed E-state index contributed by atoms with van der Waals surface area (Å²) in [4.78, 5) is 13.9. The Bertz CT molecular complexity index is 737.